The molecule has 0 saturated heterocycles. The van der Waals surface area contributed by atoms with E-state index in [2.05, 4.69) is 20.9 Å². The normalized spacial score (nSPS) is 10.4. The first kappa shape index (κ1) is 11.6. The van der Waals surface area contributed by atoms with Crippen LogP contribution in [0.5, 0.6) is 5.75 Å². The minimum absolute atomic E-state index is 0.590. The molecule has 16 heavy (non-hydrogen) atoms. The summed E-state index contributed by atoms with van der Waals surface area (Å²) in [7, 11) is 0. The molecule has 1 aromatic carbocycles. The third-order valence-electron chi connectivity index (χ3n) is 2.18. The summed E-state index contributed by atoms with van der Waals surface area (Å²) in [5.74, 6) is 0.895. The van der Waals surface area contributed by atoms with Crippen molar-refractivity contribution in [3.05, 3.63) is 44.3 Å². The van der Waals surface area contributed by atoms with Crippen molar-refractivity contribution in [2.45, 2.75) is 20.5 Å². The number of aryl methyl sites for hydroxylation is 2. The van der Waals surface area contributed by atoms with Crippen molar-refractivity contribution in [1.29, 1.82) is 0 Å². The van der Waals surface area contributed by atoms with Crippen LogP contribution in [0, 0.1) is 13.8 Å². The smallest absolute Gasteiger partial charge is 0.124 e. The Kier molecular flexibility index (Phi) is 3.61. The highest BCUT2D eigenvalue weighted by Crippen LogP contribution is 2.23. The highest BCUT2D eigenvalue weighted by Gasteiger charge is 2.01. The zero-order chi connectivity index (χ0) is 11.5. The van der Waals surface area contributed by atoms with Crippen molar-refractivity contribution in [2.24, 2.45) is 0 Å². The molecule has 0 amide bonds. The van der Waals surface area contributed by atoms with Gasteiger partial charge in [0, 0.05) is 10.7 Å². The van der Waals surface area contributed by atoms with Gasteiger partial charge in [-0.15, -0.1) is 11.3 Å². The van der Waals surface area contributed by atoms with Gasteiger partial charge in [0.2, 0.25) is 0 Å². The Morgan fingerprint density at radius 1 is 1.38 bits per heavy atom. The lowest BCUT2D eigenvalue weighted by molar-refractivity contribution is 0.309. The molecule has 0 bridgehead atoms. The van der Waals surface area contributed by atoms with E-state index >= 15 is 0 Å². The lowest BCUT2D eigenvalue weighted by Crippen LogP contribution is -1.93. The summed E-state index contributed by atoms with van der Waals surface area (Å²) in [6, 6.07) is 5.99. The van der Waals surface area contributed by atoms with Crippen molar-refractivity contribution in [1.82, 2.24) is 4.98 Å². The molecule has 0 radical (unpaired) electrons. The number of benzene rings is 1. The molecule has 1 heterocycles. The summed E-state index contributed by atoms with van der Waals surface area (Å²) >= 11 is 5.13. The maximum absolute atomic E-state index is 5.69. The first-order chi connectivity index (χ1) is 7.65. The predicted molar refractivity (Wildman–Crippen MR) is 70.1 cm³/mol. The second kappa shape index (κ2) is 4.97. The molecule has 4 heteroatoms. The molecule has 0 aliphatic carbocycles. The van der Waals surface area contributed by atoms with Gasteiger partial charge < -0.3 is 4.74 Å². The molecule has 0 atom stereocenters. The summed E-state index contributed by atoms with van der Waals surface area (Å²) in [6.45, 7) is 4.64. The minimum Gasteiger partial charge on any atom is -0.488 e. The van der Waals surface area contributed by atoms with Crippen LogP contribution >= 0.6 is 27.3 Å². The standard InChI is InChI=1S/C12H12BrNOS/c1-8-5-10(3-4-12(8)13)15-7-11-6-14-9(2)16-11/h3-6H,7H2,1-2H3. The van der Waals surface area contributed by atoms with Crippen molar-refractivity contribution < 1.29 is 4.74 Å². The van der Waals surface area contributed by atoms with E-state index in [9.17, 15) is 0 Å². The minimum atomic E-state index is 0.590. The molecule has 0 saturated carbocycles. The van der Waals surface area contributed by atoms with Crippen molar-refractivity contribution >= 4 is 27.3 Å². The fraction of sp³-hybridized carbons (Fsp3) is 0.250. The van der Waals surface area contributed by atoms with Gasteiger partial charge in [-0.25, -0.2) is 4.98 Å². The summed E-state index contributed by atoms with van der Waals surface area (Å²) in [4.78, 5) is 5.34. The van der Waals surface area contributed by atoms with Crippen molar-refractivity contribution in [3.63, 3.8) is 0 Å². The van der Waals surface area contributed by atoms with Gasteiger partial charge in [-0.2, -0.15) is 0 Å². The average Bonchev–Trinajstić information content (AvgIpc) is 2.66. The first-order valence-electron chi connectivity index (χ1n) is 4.95. The van der Waals surface area contributed by atoms with Gasteiger partial charge in [-0.1, -0.05) is 15.9 Å². The van der Waals surface area contributed by atoms with Crippen LogP contribution in [0.1, 0.15) is 15.4 Å². The van der Waals surface area contributed by atoms with E-state index in [0.29, 0.717) is 6.61 Å². The van der Waals surface area contributed by atoms with E-state index < -0.39 is 0 Å². The van der Waals surface area contributed by atoms with Gasteiger partial charge >= 0.3 is 0 Å². The third kappa shape index (κ3) is 2.83. The highest BCUT2D eigenvalue weighted by atomic mass is 79.9. The molecule has 1 aromatic heterocycles. The monoisotopic (exact) mass is 297 g/mol. The van der Waals surface area contributed by atoms with Gasteiger partial charge in [-0.3, -0.25) is 0 Å². The van der Waals surface area contributed by atoms with Gasteiger partial charge in [0.1, 0.15) is 12.4 Å². The average molecular weight is 298 g/mol. The summed E-state index contributed by atoms with van der Waals surface area (Å²) in [5.41, 5.74) is 1.18. The zero-order valence-corrected chi connectivity index (χ0v) is 11.6. The Labute approximate surface area is 107 Å². The number of hydrogen-bond donors (Lipinski definition) is 0. The Bertz CT molecular complexity index is 496. The fourth-order valence-corrected chi connectivity index (χ4v) is 2.29. The molecule has 0 N–H and O–H groups in total. The summed E-state index contributed by atoms with van der Waals surface area (Å²) in [6.07, 6.45) is 1.87. The number of hydrogen-bond acceptors (Lipinski definition) is 3. The van der Waals surface area contributed by atoms with Crippen molar-refractivity contribution in [2.75, 3.05) is 0 Å². The summed E-state index contributed by atoms with van der Waals surface area (Å²) in [5, 5.41) is 1.07. The maximum atomic E-state index is 5.69. The van der Waals surface area contributed by atoms with E-state index in [1.807, 2.05) is 38.2 Å². The SMILES string of the molecule is Cc1ncc(COc2ccc(Br)c(C)c2)s1. The molecular formula is C12H12BrNOS. The largest absolute Gasteiger partial charge is 0.488 e. The molecule has 0 unspecified atom stereocenters. The maximum Gasteiger partial charge on any atom is 0.124 e. The molecule has 0 aliphatic heterocycles. The lowest BCUT2D eigenvalue weighted by Gasteiger charge is -2.06. The molecule has 2 nitrogen and oxygen atoms in total. The molecule has 2 aromatic rings. The zero-order valence-electron chi connectivity index (χ0n) is 9.16. The second-order valence-electron chi connectivity index (χ2n) is 3.55. The first-order valence-corrected chi connectivity index (χ1v) is 6.56. The number of thiazole rings is 1. The van der Waals surface area contributed by atoms with E-state index in [1.165, 1.54) is 5.56 Å². The van der Waals surface area contributed by atoms with E-state index in [4.69, 9.17) is 4.74 Å². The van der Waals surface area contributed by atoms with Gasteiger partial charge in [0.25, 0.3) is 0 Å². The van der Waals surface area contributed by atoms with Crippen LogP contribution < -0.4 is 4.74 Å². The van der Waals surface area contributed by atoms with Crippen LogP contribution in [0.2, 0.25) is 0 Å². The third-order valence-corrected chi connectivity index (χ3v) is 3.96. The van der Waals surface area contributed by atoms with Gasteiger partial charge in [0.15, 0.2) is 0 Å². The molecular weight excluding hydrogens is 286 g/mol. The van der Waals surface area contributed by atoms with E-state index in [-0.39, 0.29) is 0 Å². The van der Waals surface area contributed by atoms with Crippen molar-refractivity contribution in [3.8, 4) is 5.75 Å². The van der Waals surface area contributed by atoms with Crippen LogP contribution in [-0.4, -0.2) is 4.98 Å². The quantitative estimate of drug-likeness (QED) is 0.851. The molecule has 2 rings (SSSR count). The second-order valence-corrected chi connectivity index (χ2v) is 5.72. The number of rotatable bonds is 3. The highest BCUT2D eigenvalue weighted by molar-refractivity contribution is 9.10. The summed E-state index contributed by atoms with van der Waals surface area (Å²) < 4.78 is 6.80. The Balaban J connectivity index is 2.02. The van der Waals surface area contributed by atoms with Gasteiger partial charge in [0.05, 0.1) is 9.88 Å². The lowest BCUT2D eigenvalue weighted by atomic mass is 10.2. The van der Waals surface area contributed by atoms with Crippen LogP contribution in [0.4, 0.5) is 0 Å². The molecule has 84 valence electrons. The number of aromatic nitrogens is 1. The topological polar surface area (TPSA) is 22.1 Å². The Morgan fingerprint density at radius 2 is 2.19 bits per heavy atom. The van der Waals surface area contributed by atoms with Crippen LogP contribution in [0.15, 0.2) is 28.9 Å². The molecule has 0 fully saturated rings. The van der Waals surface area contributed by atoms with Gasteiger partial charge in [-0.05, 0) is 37.6 Å². The van der Waals surface area contributed by atoms with Crippen LogP contribution in [0.3, 0.4) is 0 Å². The van der Waals surface area contributed by atoms with E-state index in [0.717, 1.165) is 20.1 Å². The number of halogens is 1. The predicted octanol–water partition coefficient (Wildman–Crippen LogP) is 4.10. The number of nitrogens with zero attached hydrogens (tertiary/aromatic N) is 1. The fourth-order valence-electron chi connectivity index (χ4n) is 1.33. The van der Waals surface area contributed by atoms with Crippen LogP contribution in [0.25, 0.3) is 0 Å². The molecule has 0 aliphatic rings. The van der Waals surface area contributed by atoms with E-state index in [1.54, 1.807) is 11.3 Å². The number of ether oxygens (including phenoxy) is 1. The van der Waals surface area contributed by atoms with Crippen LogP contribution in [-0.2, 0) is 6.61 Å². The Morgan fingerprint density at radius 3 is 2.81 bits per heavy atom. The Hall–Kier alpha value is -0.870. The molecule has 0 spiro atoms.